The molecule has 0 radical (unpaired) electrons. The number of rotatable bonds is 6. The summed E-state index contributed by atoms with van der Waals surface area (Å²) in [6.45, 7) is 3.17. The van der Waals surface area contributed by atoms with Crippen molar-refractivity contribution >= 4 is 43.4 Å². The van der Waals surface area contributed by atoms with Crippen LogP contribution in [0.2, 0.25) is 0 Å². The first kappa shape index (κ1) is 31.1. The fourth-order valence-corrected chi connectivity index (χ4v) is 8.52. The van der Waals surface area contributed by atoms with Gasteiger partial charge in [0.05, 0.1) is 0 Å². The van der Waals surface area contributed by atoms with Crippen molar-refractivity contribution in [2.45, 2.75) is 13.5 Å². The van der Waals surface area contributed by atoms with Gasteiger partial charge in [-0.25, -0.2) is 0 Å². The number of hydrogen-bond acceptors (Lipinski definition) is 0. The Balaban J connectivity index is 1.15. The zero-order valence-corrected chi connectivity index (χ0v) is 29.6. The molecule has 9 aromatic carbocycles. The minimum atomic E-state index is 0.950. The summed E-state index contributed by atoms with van der Waals surface area (Å²) in [6, 6.07) is 71.4. The molecular formula is C52H37N. The number of hydrogen-bond donors (Lipinski definition) is 0. The average molecular weight is 676 g/mol. The maximum absolute atomic E-state index is 2.41. The molecule has 53 heavy (non-hydrogen) atoms. The van der Waals surface area contributed by atoms with Gasteiger partial charge in [0.2, 0.25) is 0 Å². The predicted octanol–water partition coefficient (Wildman–Crippen LogP) is 14.5. The highest BCUT2D eigenvalue weighted by Crippen LogP contribution is 2.45. The highest BCUT2D eigenvalue weighted by Gasteiger charge is 2.18. The van der Waals surface area contributed by atoms with Crippen molar-refractivity contribution in [3.63, 3.8) is 0 Å². The smallest absolute Gasteiger partial charge is 0.0491 e. The molecule has 250 valence electrons. The zero-order chi connectivity index (χ0) is 35.3. The molecule has 0 unspecified atom stereocenters. The van der Waals surface area contributed by atoms with E-state index in [1.54, 1.807) is 0 Å². The van der Waals surface area contributed by atoms with E-state index in [2.05, 4.69) is 206 Å². The highest BCUT2D eigenvalue weighted by molar-refractivity contribution is 6.21. The van der Waals surface area contributed by atoms with Gasteiger partial charge in [-0.2, -0.15) is 0 Å². The number of benzene rings is 9. The second kappa shape index (κ2) is 12.8. The van der Waals surface area contributed by atoms with Crippen molar-refractivity contribution < 1.29 is 0 Å². The first-order valence-electron chi connectivity index (χ1n) is 18.6. The number of aromatic nitrogens is 1. The van der Waals surface area contributed by atoms with Gasteiger partial charge in [0, 0.05) is 28.4 Å². The topological polar surface area (TPSA) is 4.93 Å². The molecule has 0 bridgehead atoms. The molecule has 0 atom stereocenters. The number of para-hydroxylation sites is 1. The Bertz CT molecular complexity index is 2840. The molecule has 0 N–H and O–H groups in total. The quantitative estimate of drug-likeness (QED) is 0.155. The molecule has 1 aromatic heterocycles. The van der Waals surface area contributed by atoms with E-state index in [0.717, 1.165) is 6.54 Å². The molecule has 0 saturated heterocycles. The molecule has 10 aromatic rings. The van der Waals surface area contributed by atoms with Crippen LogP contribution in [0.4, 0.5) is 0 Å². The second-order valence-corrected chi connectivity index (χ2v) is 13.9. The van der Waals surface area contributed by atoms with E-state index >= 15 is 0 Å². The molecule has 1 heteroatoms. The van der Waals surface area contributed by atoms with Crippen LogP contribution >= 0.6 is 0 Å². The molecule has 1 nitrogen and oxygen atoms in total. The summed E-state index contributed by atoms with van der Waals surface area (Å²) in [5.74, 6) is 0. The maximum atomic E-state index is 2.41. The van der Waals surface area contributed by atoms with Gasteiger partial charge in [0.1, 0.15) is 0 Å². The minimum Gasteiger partial charge on any atom is -0.341 e. The van der Waals surface area contributed by atoms with Crippen molar-refractivity contribution in [2.75, 3.05) is 0 Å². The lowest BCUT2D eigenvalue weighted by molar-refractivity contribution is 0.827. The van der Waals surface area contributed by atoms with Gasteiger partial charge in [-0.15, -0.1) is 0 Å². The zero-order valence-electron chi connectivity index (χ0n) is 29.6. The van der Waals surface area contributed by atoms with E-state index in [1.165, 1.54) is 99.0 Å². The summed E-state index contributed by atoms with van der Waals surface area (Å²) >= 11 is 0. The summed E-state index contributed by atoms with van der Waals surface area (Å²) in [4.78, 5) is 0. The van der Waals surface area contributed by atoms with Crippen LogP contribution in [0.25, 0.3) is 99.0 Å². The van der Waals surface area contributed by atoms with Crippen LogP contribution < -0.4 is 0 Å². The van der Waals surface area contributed by atoms with Crippen molar-refractivity contribution in [1.29, 1.82) is 0 Å². The SMILES string of the molecule is CCn1c2ccccc2c2cc(-c3ccc(-c4c5ccccc5c(-c5cc(-c6ccccc6)cc(-c6ccccc6)c5)c5ccccc45)cc3)ccc21. The monoisotopic (exact) mass is 675 g/mol. The third-order valence-electron chi connectivity index (χ3n) is 11.0. The van der Waals surface area contributed by atoms with E-state index in [9.17, 15) is 0 Å². The summed E-state index contributed by atoms with van der Waals surface area (Å²) in [5, 5.41) is 7.65. The predicted molar refractivity (Wildman–Crippen MR) is 227 cm³/mol. The third-order valence-corrected chi connectivity index (χ3v) is 11.0. The van der Waals surface area contributed by atoms with Crippen molar-refractivity contribution in [2.24, 2.45) is 0 Å². The fraction of sp³-hybridized carbons (Fsp3) is 0.0385. The molecule has 0 fully saturated rings. The molecule has 1 heterocycles. The van der Waals surface area contributed by atoms with E-state index < -0.39 is 0 Å². The Hall–Kier alpha value is -6.70. The van der Waals surface area contributed by atoms with E-state index in [-0.39, 0.29) is 0 Å². The van der Waals surface area contributed by atoms with Gasteiger partial charge in [0.15, 0.2) is 0 Å². The average Bonchev–Trinajstić information content (AvgIpc) is 3.56. The lowest BCUT2D eigenvalue weighted by atomic mass is 9.84. The van der Waals surface area contributed by atoms with Crippen LogP contribution in [0.3, 0.4) is 0 Å². The van der Waals surface area contributed by atoms with Gasteiger partial charge in [0.25, 0.3) is 0 Å². The molecular weight excluding hydrogens is 639 g/mol. The van der Waals surface area contributed by atoms with Crippen LogP contribution in [-0.2, 0) is 6.54 Å². The van der Waals surface area contributed by atoms with Crippen LogP contribution in [0.15, 0.2) is 194 Å². The Morgan fingerprint density at radius 3 is 1.23 bits per heavy atom. The van der Waals surface area contributed by atoms with Crippen LogP contribution in [0.1, 0.15) is 6.92 Å². The van der Waals surface area contributed by atoms with Crippen molar-refractivity contribution in [3.8, 4) is 55.6 Å². The largest absolute Gasteiger partial charge is 0.341 e. The van der Waals surface area contributed by atoms with Gasteiger partial charge in [-0.1, -0.05) is 158 Å². The first-order valence-corrected chi connectivity index (χ1v) is 18.6. The number of fused-ring (bicyclic) bond motifs is 5. The molecule has 0 spiro atoms. The Kier molecular flexibility index (Phi) is 7.51. The second-order valence-electron chi connectivity index (χ2n) is 13.9. The van der Waals surface area contributed by atoms with E-state index in [4.69, 9.17) is 0 Å². The lowest BCUT2D eigenvalue weighted by Gasteiger charge is -2.19. The Labute approximate surface area is 310 Å². The summed E-state index contributed by atoms with van der Waals surface area (Å²) in [6.07, 6.45) is 0. The number of nitrogens with zero attached hydrogens (tertiary/aromatic N) is 1. The molecule has 0 amide bonds. The van der Waals surface area contributed by atoms with Gasteiger partial charge in [-0.05, 0) is 121 Å². The maximum Gasteiger partial charge on any atom is 0.0491 e. The molecule has 0 saturated carbocycles. The van der Waals surface area contributed by atoms with Crippen LogP contribution in [0.5, 0.6) is 0 Å². The van der Waals surface area contributed by atoms with Gasteiger partial charge < -0.3 is 4.57 Å². The number of aryl methyl sites for hydroxylation is 1. The standard InChI is InChI=1S/C52H37N/c1-2-53-49-24-14-13-19-43(49)48-34-39(29-30-50(48)53)37-25-27-38(28-26-37)51-44-20-9-11-22-46(44)52(47-23-12-10-21-45(47)51)42-32-40(35-15-5-3-6-16-35)31-41(33-42)36-17-7-4-8-18-36/h3-34H,2H2,1H3. The summed E-state index contributed by atoms with van der Waals surface area (Å²) < 4.78 is 2.41. The first-order chi connectivity index (χ1) is 26.2. The normalized spacial score (nSPS) is 11.6. The highest BCUT2D eigenvalue weighted by atomic mass is 15.0. The Morgan fingerprint density at radius 2 is 0.679 bits per heavy atom. The summed E-state index contributed by atoms with van der Waals surface area (Å²) in [7, 11) is 0. The molecule has 0 aliphatic heterocycles. The third kappa shape index (κ3) is 5.24. The molecule has 0 aliphatic carbocycles. The van der Waals surface area contributed by atoms with Crippen LogP contribution in [0, 0.1) is 0 Å². The van der Waals surface area contributed by atoms with Crippen molar-refractivity contribution in [1.82, 2.24) is 4.57 Å². The fourth-order valence-electron chi connectivity index (χ4n) is 8.52. The summed E-state index contributed by atoms with van der Waals surface area (Å²) in [5.41, 5.74) is 14.9. The van der Waals surface area contributed by atoms with E-state index in [0.29, 0.717) is 0 Å². The Morgan fingerprint density at radius 1 is 0.283 bits per heavy atom. The van der Waals surface area contributed by atoms with Crippen molar-refractivity contribution in [3.05, 3.63) is 194 Å². The molecule has 10 rings (SSSR count). The lowest BCUT2D eigenvalue weighted by Crippen LogP contribution is -1.93. The molecule has 0 aliphatic rings. The van der Waals surface area contributed by atoms with Gasteiger partial charge in [-0.3, -0.25) is 0 Å². The van der Waals surface area contributed by atoms with Crippen LogP contribution in [-0.4, -0.2) is 4.57 Å². The minimum absolute atomic E-state index is 0.950. The van der Waals surface area contributed by atoms with Gasteiger partial charge >= 0.3 is 0 Å². The van der Waals surface area contributed by atoms with E-state index in [1.807, 2.05) is 0 Å².